The number of carboxylic acid groups (broad SMARTS) is 1. The Morgan fingerprint density at radius 3 is 2.57 bits per heavy atom. The highest BCUT2D eigenvalue weighted by atomic mass is 127. The molecule has 0 aliphatic rings. The van der Waals surface area contributed by atoms with Crippen molar-refractivity contribution in [3.8, 4) is 0 Å². The summed E-state index contributed by atoms with van der Waals surface area (Å²) in [6, 6.07) is 0. The Hall–Kier alpha value is -0.790. The van der Waals surface area contributed by atoms with E-state index in [9.17, 15) is 13.6 Å². The monoisotopic (exact) mass is 313 g/mol. The number of aromatic carboxylic acids is 1. The van der Waals surface area contributed by atoms with E-state index in [0.29, 0.717) is 0 Å². The maximum atomic E-state index is 12.5. The van der Waals surface area contributed by atoms with Gasteiger partial charge in [0, 0.05) is 11.8 Å². The molecule has 0 spiro atoms. The number of hydrogen-bond acceptors (Lipinski definition) is 2. The lowest BCUT2D eigenvalue weighted by Gasteiger charge is -2.09. The summed E-state index contributed by atoms with van der Waals surface area (Å²) in [5, 5.41) is 8.74. The molecule has 0 unspecified atom stereocenters. The largest absolute Gasteiger partial charge is 0.478 e. The predicted octanol–water partition coefficient (Wildman–Crippen LogP) is 2.63. The molecule has 1 heterocycles. The number of nitrogens with zero attached hydrogens (tertiary/aromatic N) is 1. The van der Waals surface area contributed by atoms with Gasteiger partial charge in [-0.05, 0) is 35.1 Å². The third kappa shape index (κ3) is 1.99. The van der Waals surface area contributed by atoms with Crippen LogP contribution in [0.15, 0.2) is 6.20 Å². The molecule has 0 saturated heterocycles. The number of rotatable bonds is 2. The van der Waals surface area contributed by atoms with Crippen molar-refractivity contribution in [2.75, 3.05) is 0 Å². The molecule has 0 atom stereocenters. The summed E-state index contributed by atoms with van der Waals surface area (Å²) < 4.78 is 25.1. The molecule has 0 saturated carbocycles. The van der Waals surface area contributed by atoms with Gasteiger partial charge in [-0.25, -0.2) is 18.6 Å². The van der Waals surface area contributed by atoms with Crippen LogP contribution in [0, 0.1) is 10.6 Å². The van der Waals surface area contributed by atoms with Crippen molar-refractivity contribution in [1.29, 1.82) is 0 Å². The van der Waals surface area contributed by atoms with Crippen LogP contribution in [0.3, 0.4) is 0 Å². The lowest BCUT2D eigenvalue weighted by atomic mass is 10.1. The Morgan fingerprint density at radius 1 is 1.64 bits per heavy atom. The number of aromatic nitrogens is 1. The summed E-state index contributed by atoms with van der Waals surface area (Å²) in [6.07, 6.45) is -1.55. The molecule has 0 aromatic carbocycles. The van der Waals surface area contributed by atoms with Crippen molar-refractivity contribution in [2.45, 2.75) is 13.3 Å². The second-order valence-corrected chi connectivity index (χ2v) is 3.65. The predicted molar refractivity (Wildman–Crippen MR) is 53.6 cm³/mol. The molecule has 3 nitrogen and oxygen atoms in total. The molecular formula is C8H6F2INO2. The molecule has 0 aliphatic heterocycles. The van der Waals surface area contributed by atoms with Gasteiger partial charge in [-0.3, -0.25) is 0 Å². The standard InChI is InChI=1S/C8H6F2INO2/c1-3-2-12-7(11)5(8(13)14)4(3)6(9)10/h2,6H,1H3,(H,13,14). The first-order valence-corrected chi connectivity index (χ1v) is 4.69. The Kier molecular flexibility index (Phi) is 3.35. The number of alkyl halides is 2. The first-order valence-electron chi connectivity index (χ1n) is 3.61. The average Bonchev–Trinajstić information content (AvgIpc) is 2.07. The summed E-state index contributed by atoms with van der Waals surface area (Å²) in [5.74, 6) is -1.37. The highest BCUT2D eigenvalue weighted by Gasteiger charge is 2.23. The van der Waals surface area contributed by atoms with E-state index in [2.05, 4.69) is 4.98 Å². The maximum Gasteiger partial charge on any atom is 0.338 e. The average molecular weight is 313 g/mol. The number of carbonyl (C=O) groups is 1. The lowest BCUT2D eigenvalue weighted by molar-refractivity contribution is 0.0682. The third-order valence-electron chi connectivity index (χ3n) is 1.70. The summed E-state index contributed by atoms with van der Waals surface area (Å²) in [5.41, 5.74) is -0.657. The van der Waals surface area contributed by atoms with E-state index >= 15 is 0 Å². The van der Waals surface area contributed by atoms with E-state index in [0.717, 1.165) is 0 Å². The number of pyridine rings is 1. The molecule has 0 aliphatic carbocycles. The van der Waals surface area contributed by atoms with E-state index in [1.165, 1.54) is 13.1 Å². The van der Waals surface area contributed by atoms with Gasteiger partial charge in [0.2, 0.25) is 0 Å². The summed E-state index contributed by atoms with van der Waals surface area (Å²) in [6.45, 7) is 1.41. The van der Waals surface area contributed by atoms with Gasteiger partial charge in [-0.15, -0.1) is 0 Å². The zero-order valence-corrected chi connectivity index (χ0v) is 9.25. The van der Waals surface area contributed by atoms with Gasteiger partial charge in [-0.2, -0.15) is 0 Å². The van der Waals surface area contributed by atoms with Crippen molar-refractivity contribution in [3.63, 3.8) is 0 Å². The zero-order chi connectivity index (χ0) is 10.9. The van der Waals surface area contributed by atoms with Gasteiger partial charge in [0.25, 0.3) is 6.43 Å². The van der Waals surface area contributed by atoms with Crippen LogP contribution in [-0.4, -0.2) is 16.1 Å². The Balaban J connectivity index is 3.50. The fourth-order valence-corrected chi connectivity index (χ4v) is 1.74. The maximum absolute atomic E-state index is 12.5. The molecule has 1 aromatic heterocycles. The van der Waals surface area contributed by atoms with Crippen LogP contribution in [0.2, 0.25) is 0 Å². The molecular weight excluding hydrogens is 307 g/mol. The first-order chi connectivity index (χ1) is 6.45. The van der Waals surface area contributed by atoms with Crippen LogP contribution < -0.4 is 0 Å². The van der Waals surface area contributed by atoms with E-state index in [1.54, 1.807) is 22.6 Å². The fraction of sp³-hybridized carbons (Fsp3) is 0.250. The Labute approximate surface area is 92.3 Å². The zero-order valence-electron chi connectivity index (χ0n) is 7.09. The molecule has 0 bridgehead atoms. The second kappa shape index (κ2) is 4.16. The van der Waals surface area contributed by atoms with Gasteiger partial charge >= 0.3 is 5.97 Å². The van der Waals surface area contributed by atoms with Crippen LogP contribution in [0.5, 0.6) is 0 Å². The third-order valence-corrected chi connectivity index (χ3v) is 2.52. The topological polar surface area (TPSA) is 50.2 Å². The molecule has 1 N–H and O–H groups in total. The van der Waals surface area contributed by atoms with Crippen LogP contribution in [-0.2, 0) is 0 Å². The first kappa shape index (κ1) is 11.3. The smallest absolute Gasteiger partial charge is 0.338 e. The van der Waals surface area contributed by atoms with E-state index in [4.69, 9.17) is 5.11 Å². The van der Waals surface area contributed by atoms with Gasteiger partial charge in [0.15, 0.2) is 0 Å². The van der Waals surface area contributed by atoms with Crippen molar-refractivity contribution >= 4 is 28.6 Å². The minimum Gasteiger partial charge on any atom is -0.478 e. The molecule has 0 fully saturated rings. The van der Waals surface area contributed by atoms with Crippen molar-refractivity contribution in [1.82, 2.24) is 4.98 Å². The van der Waals surface area contributed by atoms with E-state index in [-0.39, 0.29) is 9.26 Å². The number of hydrogen-bond donors (Lipinski definition) is 1. The molecule has 1 rings (SSSR count). The van der Waals surface area contributed by atoms with Gasteiger partial charge < -0.3 is 5.11 Å². The quantitative estimate of drug-likeness (QED) is 0.674. The molecule has 6 heteroatoms. The Bertz CT molecular complexity index is 382. The van der Waals surface area contributed by atoms with Crippen LogP contribution >= 0.6 is 22.6 Å². The minimum absolute atomic E-state index is 0.0796. The number of aryl methyl sites for hydroxylation is 1. The van der Waals surface area contributed by atoms with Crippen LogP contribution in [0.1, 0.15) is 27.9 Å². The normalized spacial score (nSPS) is 10.6. The van der Waals surface area contributed by atoms with Crippen LogP contribution in [0.4, 0.5) is 8.78 Å². The van der Waals surface area contributed by atoms with Crippen molar-refractivity contribution in [3.05, 3.63) is 26.6 Å². The highest BCUT2D eigenvalue weighted by molar-refractivity contribution is 14.1. The fourth-order valence-electron chi connectivity index (χ4n) is 1.08. The van der Waals surface area contributed by atoms with Crippen molar-refractivity contribution in [2.24, 2.45) is 0 Å². The molecule has 0 radical (unpaired) electrons. The van der Waals surface area contributed by atoms with Crippen LogP contribution in [0.25, 0.3) is 0 Å². The minimum atomic E-state index is -2.79. The summed E-state index contributed by atoms with van der Waals surface area (Å²) in [7, 11) is 0. The van der Waals surface area contributed by atoms with Gasteiger partial charge in [0.05, 0.1) is 0 Å². The van der Waals surface area contributed by atoms with E-state index < -0.39 is 23.5 Å². The SMILES string of the molecule is Cc1cnc(I)c(C(=O)O)c1C(F)F. The molecule has 1 aromatic rings. The molecule has 76 valence electrons. The summed E-state index contributed by atoms with van der Waals surface area (Å²) >= 11 is 1.63. The lowest BCUT2D eigenvalue weighted by Crippen LogP contribution is -2.09. The molecule has 14 heavy (non-hydrogen) atoms. The number of carboxylic acids is 1. The van der Waals surface area contributed by atoms with Gasteiger partial charge in [0.1, 0.15) is 9.26 Å². The van der Waals surface area contributed by atoms with E-state index in [1.807, 2.05) is 0 Å². The summed E-state index contributed by atoms with van der Waals surface area (Å²) in [4.78, 5) is 14.4. The number of halogens is 3. The van der Waals surface area contributed by atoms with Gasteiger partial charge in [-0.1, -0.05) is 0 Å². The van der Waals surface area contributed by atoms with Crippen molar-refractivity contribution < 1.29 is 18.7 Å². The molecule has 0 amide bonds. The highest BCUT2D eigenvalue weighted by Crippen LogP contribution is 2.28. The second-order valence-electron chi connectivity index (χ2n) is 2.63. The Morgan fingerprint density at radius 2 is 2.21 bits per heavy atom.